The van der Waals surface area contributed by atoms with Crippen LogP contribution in [0.5, 0.6) is 5.75 Å². The maximum absolute atomic E-state index is 12.7. The number of fused-ring (bicyclic) bond motifs is 3. The Morgan fingerprint density at radius 3 is 2.63 bits per heavy atom. The van der Waals surface area contributed by atoms with Gasteiger partial charge in [-0.15, -0.1) is 0 Å². The van der Waals surface area contributed by atoms with E-state index in [-0.39, 0.29) is 12.2 Å². The van der Waals surface area contributed by atoms with Crippen LogP contribution in [0, 0.1) is 0 Å². The number of benzene rings is 1. The lowest BCUT2D eigenvalue weighted by molar-refractivity contribution is 0.0693. The first-order valence-electron chi connectivity index (χ1n) is 9.70. The Balaban J connectivity index is 2.07. The van der Waals surface area contributed by atoms with Gasteiger partial charge < -0.3 is 9.84 Å². The molecule has 0 fully saturated rings. The molecule has 1 aromatic heterocycles. The summed E-state index contributed by atoms with van der Waals surface area (Å²) in [6, 6.07) is 4.00. The van der Waals surface area contributed by atoms with E-state index in [0.29, 0.717) is 17.3 Å². The van der Waals surface area contributed by atoms with Crippen LogP contribution in [-0.4, -0.2) is 20.6 Å². The molecule has 6 nitrogen and oxygen atoms in total. The molecule has 144 valence electrons. The quantitative estimate of drug-likeness (QED) is 0.713. The molecule has 3 rings (SSSR count). The Hall–Kier alpha value is -2.63. The number of carbonyl (C=O) groups is 1. The summed E-state index contributed by atoms with van der Waals surface area (Å²) >= 11 is 0. The maximum atomic E-state index is 12.7. The van der Waals surface area contributed by atoms with Gasteiger partial charge in [-0.1, -0.05) is 39.5 Å². The van der Waals surface area contributed by atoms with E-state index in [1.807, 2.05) is 12.1 Å². The van der Waals surface area contributed by atoms with Crippen LogP contribution in [0.3, 0.4) is 0 Å². The third-order valence-electron chi connectivity index (χ3n) is 4.96. The van der Waals surface area contributed by atoms with Gasteiger partial charge in [0, 0.05) is 6.20 Å². The Morgan fingerprint density at radius 2 is 1.93 bits per heavy atom. The molecule has 2 aromatic rings. The number of aryl methyl sites for hydroxylation is 2. The van der Waals surface area contributed by atoms with E-state index in [0.717, 1.165) is 31.9 Å². The molecule has 1 N–H and O–H groups in total. The highest BCUT2D eigenvalue weighted by Gasteiger charge is 2.24. The van der Waals surface area contributed by atoms with Gasteiger partial charge in [0.2, 0.25) is 0 Å². The van der Waals surface area contributed by atoms with Crippen molar-refractivity contribution in [2.45, 2.75) is 65.4 Å². The first-order chi connectivity index (χ1) is 13.1. The summed E-state index contributed by atoms with van der Waals surface area (Å²) in [6.45, 7) is 4.49. The maximum Gasteiger partial charge on any atom is 0.342 e. The minimum atomic E-state index is -1.27. The van der Waals surface area contributed by atoms with E-state index in [1.54, 1.807) is 0 Å². The Bertz CT molecular complexity index is 902. The van der Waals surface area contributed by atoms with Gasteiger partial charge in [0.25, 0.3) is 5.56 Å². The number of hydrogen-bond acceptors (Lipinski definition) is 4. The zero-order valence-electron chi connectivity index (χ0n) is 16.0. The highest BCUT2D eigenvalue weighted by Crippen LogP contribution is 2.32. The third-order valence-corrected chi connectivity index (χ3v) is 4.96. The van der Waals surface area contributed by atoms with Crippen LogP contribution < -0.4 is 10.3 Å². The minimum absolute atomic E-state index is 0.156. The predicted molar refractivity (Wildman–Crippen MR) is 103 cm³/mol. The summed E-state index contributed by atoms with van der Waals surface area (Å²) in [7, 11) is 0. The van der Waals surface area contributed by atoms with Crippen molar-refractivity contribution in [2.24, 2.45) is 0 Å². The van der Waals surface area contributed by atoms with Gasteiger partial charge in [-0.2, -0.15) is 0 Å². The number of carboxylic acids is 1. The number of nitrogens with zero attached hydrogens (tertiary/aromatic N) is 2. The average Bonchev–Trinajstić information content (AvgIpc) is 2.65. The second kappa shape index (κ2) is 8.37. The highest BCUT2D eigenvalue weighted by atomic mass is 16.5. The van der Waals surface area contributed by atoms with Crippen LogP contribution in [0.1, 0.15) is 73.3 Å². The van der Waals surface area contributed by atoms with Gasteiger partial charge in [-0.3, -0.25) is 9.36 Å². The number of carboxylic acid groups (broad SMARTS) is 1. The lowest BCUT2D eigenvalue weighted by Gasteiger charge is -2.24. The second-order valence-electron chi connectivity index (χ2n) is 6.97. The zero-order valence-corrected chi connectivity index (χ0v) is 16.0. The Labute approximate surface area is 158 Å². The summed E-state index contributed by atoms with van der Waals surface area (Å²) in [5.74, 6) is -0.217. The highest BCUT2D eigenvalue weighted by molar-refractivity contribution is 5.86. The largest absolute Gasteiger partial charge is 0.483 e. The van der Waals surface area contributed by atoms with Gasteiger partial charge >= 0.3 is 5.97 Å². The van der Waals surface area contributed by atoms with Gasteiger partial charge in [0.1, 0.15) is 17.9 Å². The van der Waals surface area contributed by atoms with Crippen molar-refractivity contribution in [1.82, 2.24) is 9.55 Å². The van der Waals surface area contributed by atoms with E-state index >= 15 is 0 Å². The van der Waals surface area contributed by atoms with Crippen molar-refractivity contribution in [3.8, 4) is 11.4 Å². The molecule has 0 saturated heterocycles. The minimum Gasteiger partial charge on any atom is -0.483 e. The van der Waals surface area contributed by atoms with Crippen molar-refractivity contribution in [2.75, 3.05) is 0 Å². The fraction of sp³-hybridized carbons (Fsp3) is 0.476. The third kappa shape index (κ3) is 3.89. The van der Waals surface area contributed by atoms with Gasteiger partial charge in [0.05, 0.1) is 5.69 Å². The lowest BCUT2D eigenvalue weighted by Crippen LogP contribution is -2.32. The number of aromatic nitrogens is 2. The molecule has 0 bridgehead atoms. The van der Waals surface area contributed by atoms with Gasteiger partial charge in [0.15, 0.2) is 5.82 Å². The molecule has 0 amide bonds. The summed E-state index contributed by atoms with van der Waals surface area (Å²) < 4.78 is 7.22. The smallest absolute Gasteiger partial charge is 0.342 e. The van der Waals surface area contributed by atoms with Crippen LogP contribution in [0.4, 0.5) is 0 Å². The molecule has 0 radical (unpaired) electrons. The molecule has 27 heavy (non-hydrogen) atoms. The van der Waals surface area contributed by atoms with Crippen molar-refractivity contribution in [1.29, 1.82) is 0 Å². The molecule has 0 unspecified atom stereocenters. The van der Waals surface area contributed by atoms with Gasteiger partial charge in [-0.05, 0) is 42.5 Å². The standard InChI is InChI=1S/C21H26N2O4/c1-3-5-6-7-9-15-10-17-18(11-14(15)8-4-2)27-13-19-22-12-16(21(25)26)20(24)23(17)19/h10-12H,3-9,13H2,1-2H3,(H,25,26). The summed E-state index contributed by atoms with van der Waals surface area (Å²) in [4.78, 5) is 28.2. The molecule has 0 aliphatic carbocycles. The lowest BCUT2D eigenvalue weighted by atomic mass is 9.96. The first kappa shape index (κ1) is 19.1. The molecular formula is C21H26N2O4. The monoisotopic (exact) mass is 370 g/mol. The van der Waals surface area contributed by atoms with E-state index in [1.165, 1.54) is 35.0 Å². The van der Waals surface area contributed by atoms with Crippen LogP contribution in [0.2, 0.25) is 0 Å². The van der Waals surface area contributed by atoms with Gasteiger partial charge in [-0.25, -0.2) is 9.78 Å². The number of ether oxygens (including phenoxy) is 1. The van der Waals surface area contributed by atoms with E-state index in [9.17, 15) is 14.7 Å². The van der Waals surface area contributed by atoms with Crippen molar-refractivity contribution < 1.29 is 14.6 Å². The van der Waals surface area contributed by atoms with Crippen molar-refractivity contribution >= 4 is 5.97 Å². The number of rotatable bonds is 8. The predicted octanol–water partition coefficient (Wildman–Crippen LogP) is 3.90. The first-order valence-corrected chi connectivity index (χ1v) is 9.70. The second-order valence-corrected chi connectivity index (χ2v) is 6.97. The molecule has 6 heteroatoms. The summed E-state index contributed by atoms with van der Waals surface area (Å²) in [6.07, 6.45) is 8.71. The molecule has 1 aliphatic heterocycles. The fourth-order valence-corrected chi connectivity index (χ4v) is 3.55. The summed E-state index contributed by atoms with van der Waals surface area (Å²) in [5.41, 5.74) is 2.16. The molecule has 1 aliphatic rings. The molecule has 2 heterocycles. The van der Waals surface area contributed by atoms with Crippen molar-refractivity contribution in [3.63, 3.8) is 0 Å². The number of aromatic carboxylic acids is 1. The van der Waals surface area contributed by atoms with E-state index < -0.39 is 11.5 Å². The van der Waals surface area contributed by atoms with Crippen LogP contribution in [0.15, 0.2) is 23.1 Å². The Morgan fingerprint density at radius 1 is 1.15 bits per heavy atom. The SMILES string of the molecule is CCCCCCc1cc2c(cc1CCC)OCc1ncc(C(=O)O)c(=O)n1-2. The van der Waals surface area contributed by atoms with Crippen LogP contribution >= 0.6 is 0 Å². The molecule has 0 spiro atoms. The number of hydrogen-bond donors (Lipinski definition) is 1. The fourth-order valence-electron chi connectivity index (χ4n) is 3.55. The molecular weight excluding hydrogens is 344 g/mol. The zero-order chi connectivity index (χ0) is 19.4. The van der Waals surface area contributed by atoms with Crippen molar-refractivity contribution in [3.05, 3.63) is 51.2 Å². The summed E-state index contributed by atoms with van der Waals surface area (Å²) in [5, 5.41) is 9.27. The van der Waals surface area contributed by atoms with E-state index in [4.69, 9.17) is 4.74 Å². The Kier molecular flexibility index (Phi) is 5.94. The molecule has 0 atom stereocenters. The average molecular weight is 370 g/mol. The number of unbranched alkanes of at least 4 members (excludes halogenated alkanes) is 3. The molecule has 0 saturated carbocycles. The van der Waals surface area contributed by atoms with Crippen LogP contribution in [-0.2, 0) is 19.4 Å². The van der Waals surface area contributed by atoms with E-state index in [2.05, 4.69) is 18.8 Å². The molecule has 1 aromatic carbocycles. The topological polar surface area (TPSA) is 81.4 Å². The van der Waals surface area contributed by atoms with Crippen LogP contribution in [0.25, 0.3) is 5.69 Å². The normalized spacial score (nSPS) is 12.2.